The van der Waals surface area contributed by atoms with Gasteiger partial charge in [-0.1, -0.05) is 123 Å². The van der Waals surface area contributed by atoms with Crippen LogP contribution in [-0.2, 0) is 14.6 Å². The Balaban J connectivity index is 3.42. The molecule has 0 saturated heterocycles. The second-order valence-corrected chi connectivity index (χ2v) is 11.6. The molecule has 0 unspecified atom stereocenters. The topological polar surface area (TPSA) is 63.2 Å². The van der Waals surface area contributed by atoms with Gasteiger partial charge in [-0.3, -0.25) is 4.79 Å². The second kappa shape index (κ2) is 22.6. The largest absolute Gasteiger partial charge is 0.355 e. The monoisotopic (exact) mass is 459 g/mol. The third-order valence-corrected chi connectivity index (χ3v) is 7.79. The van der Waals surface area contributed by atoms with Crippen LogP contribution in [0.2, 0.25) is 0 Å². The van der Waals surface area contributed by atoms with Gasteiger partial charge >= 0.3 is 0 Å². The van der Waals surface area contributed by atoms with E-state index < -0.39 is 9.84 Å². The maximum absolute atomic E-state index is 12.0. The molecule has 0 aromatic rings. The molecule has 186 valence electrons. The maximum Gasteiger partial charge on any atom is 0.220 e. The molecule has 31 heavy (non-hydrogen) atoms. The summed E-state index contributed by atoms with van der Waals surface area (Å²) in [5.41, 5.74) is 0. The van der Waals surface area contributed by atoms with Crippen molar-refractivity contribution >= 4 is 15.7 Å². The van der Waals surface area contributed by atoms with E-state index >= 15 is 0 Å². The maximum atomic E-state index is 12.0. The minimum absolute atomic E-state index is 0.00200. The Hall–Kier alpha value is -0.580. The Morgan fingerprint density at radius 2 is 0.935 bits per heavy atom. The van der Waals surface area contributed by atoms with Crippen LogP contribution < -0.4 is 5.32 Å². The molecule has 0 heterocycles. The molecule has 0 fully saturated rings. The lowest BCUT2D eigenvalue weighted by Gasteiger charge is -2.07. The van der Waals surface area contributed by atoms with Crippen molar-refractivity contribution in [3.8, 4) is 0 Å². The Kier molecular flexibility index (Phi) is 22.2. The molecule has 0 spiro atoms. The van der Waals surface area contributed by atoms with Crippen LogP contribution in [-0.4, -0.2) is 32.4 Å². The van der Waals surface area contributed by atoms with Crippen LogP contribution in [0.15, 0.2) is 0 Å². The number of amides is 1. The van der Waals surface area contributed by atoms with Crippen molar-refractivity contribution in [1.82, 2.24) is 5.32 Å². The number of nitrogens with one attached hydrogen (secondary N) is 1. The fraction of sp³-hybridized carbons (Fsp3) is 0.962. The zero-order valence-corrected chi connectivity index (χ0v) is 21.7. The number of unbranched alkanes of at least 4 members (excludes halogenated alkanes) is 17. The highest BCUT2D eigenvalue weighted by Crippen LogP contribution is 2.13. The summed E-state index contributed by atoms with van der Waals surface area (Å²) in [7, 11) is -3.03. The molecule has 0 aromatic heterocycles. The highest BCUT2D eigenvalue weighted by Gasteiger charge is 2.11. The SMILES string of the molecule is CCCCCCCCCCCCCCCC(=O)NCCS(=O)(=O)CCCCCCCC. The number of sulfone groups is 1. The van der Waals surface area contributed by atoms with E-state index in [1.54, 1.807) is 0 Å². The average Bonchev–Trinajstić information content (AvgIpc) is 2.73. The van der Waals surface area contributed by atoms with Gasteiger partial charge in [0.25, 0.3) is 0 Å². The number of carbonyl (C=O) groups excluding carboxylic acids is 1. The van der Waals surface area contributed by atoms with Crippen LogP contribution in [0.4, 0.5) is 0 Å². The Labute approximate surface area is 194 Å². The molecule has 0 aromatic carbocycles. The predicted octanol–water partition coefficient (Wildman–Crippen LogP) is 7.36. The Bertz CT molecular complexity index is 491. The number of hydrogen-bond acceptors (Lipinski definition) is 3. The molecule has 0 bridgehead atoms. The van der Waals surface area contributed by atoms with E-state index in [0.29, 0.717) is 6.42 Å². The molecule has 5 heteroatoms. The highest BCUT2D eigenvalue weighted by atomic mass is 32.2. The molecule has 0 radical (unpaired) electrons. The number of carbonyl (C=O) groups is 1. The first kappa shape index (κ1) is 30.4. The molecule has 0 rings (SSSR count). The molecule has 0 aliphatic carbocycles. The van der Waals surface area contributed by atoms with E-state index in [-0.39, 0.29) is 24.0 Å². The van der Waals surface area contributed by atoms with Gasteiger partial charge in [-0.05, 0) is 12.8 Å². The van der Waals surface area contributed by atoms with Gasteiger partial charge in [-0.2, -0.15) is 0 Å². The van der Waals surface area contributed by atoms with Crippen LogP contribution in [0.5, 0.6) is 0 Å². The lowest BCUT2D eigenvalue weighted by molar-refractivity contribution is -0.121. The van der Waals surface area contributed by atoms with Crippen molar-refractivity contribution in [2.24, 2.45) is 0 Å². The van der Waals surface area contributed by atoms with Crippen LogP contribution in [0, 0.1) is 0 Å². The van der Waals surface area contributed by atoms with Crippen LogP contribution in [0.25, 0.3) is 0 Å². The third kappa shape index (κ3) is 23.9. The first-order chi connectivity index (χ1) is 15.0. The normalized spacial score (nSPS) is 11.7. The van der Waals surface area contributed by atoms with E-state index in [1.807, 2.05) is 0 Å². The molecule has 0 atom stereocenters. The van der Waals surface area contributed by atoms with Gasteiger partial charge in [0.1, 0.15) is 0 Å². The summed E-state index contributed by atoms with van der Waals surface area (Å²) < 4.78 is 24.1. The Morgan fingerprint density at radius 3 is 1.39 bits per heavy atom. The van der Waals surface area contributed by atoms with E-state index in [1.165, 1.54) is 89.9 Å². The highest BCUT2D eigenvalue weighted by molar-refractivity contribution is 7.91. The second-order valence-electron chi connectivity index (χ2n) is 9.26. The van der Waals surface area contributed by atoms with Crippen molar-refractivity contribution in [2.75, 3.05) is 18.1 Å². The number of rotatable bonds is 24. The summed E-state index contributed by atoms with van der Waals surface area (Å²) in [6.07, 6.45) is 23.8. The van der Waals surface area contributed by atoms with Crippen LogP contribution >= 0.6 is 0 Å². The fourth-order valence-corrected chi connectivity index (χ4v) is 5.20. The average molecular weight is 460 g/mol. The fourth-order valence-electron chi connectivity index (χ4n) is 3.94. The van der Waals surface area contributed by atoms with Gasteiger partial charge in [0.15, 0.2) is 9.84 Å². The molecular weight excluding hydrogens is 406 g/mol. The summed E-state index contributed by atoms with van der Waals surface area (Å²) in [6.45, 7) is 4.70. The van der Waals surface area contributed by atoms with Gasteiger partial charge in [-0.15, -0.1) is 0 Å². The van der Waals surface area contributed by atoms with Gasteiger partial charge in [0.2, 0.25) is 5.91 Å². The summed E-state index contributed by atoms with van der Waals surface area (Å²) >= 11 is 0. The third-order valence-electron chi connectivity index (χ3n) is 6.05. The summed E-state index contributed by atoms with van der Waals surface area (Å²) in [5.74, 6) is 0.331. The molecule has 0 aliphatic heterocycles. The summed E-state index contributed by atoms with van der Waals surface area (Å²) in [6, 6.07) is 0. The number of hydrogen-bond donors (Lipinski definition) is 1. The molecule has 1 amide bonds. The van der Waals surface area contributed by atoms with Gasteiger partial charge in [-0.25, -0.2) is 8.42 Å². The van der Waals surface area contributed by atoms with E-state index in [0.717, 1.165) is 32.1 Å². The van der Waals surface area contributed by atoms with E-state index in [9.17, 15) is 13.2 Å². The Morgan fingerprint density at radius 1 is 0.548 bits per heavy atom. The lowest BCUT2D eigenvalue weighted by atomic mass is 10.0. The smallest absolute Gasteiger partial charge is 0.220 e. The van der Waals surface area contributed by atoms with Crippen molar-refractivity contribution in [3.05, 3.63) is 0 Å². The zero-order chi connectivity index (χ0) is 23.0. The first-order valence-corrected chi connectivity index (χ1v) is 15.3. The minimum Gasteiger partial charge on any atom is -0.355 e. The van der Waals surface area contributed by atoms with Crippen molar-refractivity contribution < 1.29 is 13.2 Å². The molecule has 1 N–H and O–H groups in total. The van der Waals surface area contributed by atoms with Gasteiger partial charge in [0.05, 0.1) is 11.5 Å². The standard InChI is InChI=1S/C26H53NO3S/c1-3-5-7-9-11-12-13-14-15-16-17-18-20-22-26(28)27-23-25-31(29,30)24-21-19-10-8-6-4-2/h3-25H2,1-2H3,(H,27,28). The van der Waals surface area contributed by atoms with Crippen LogP contribution in [0.3, 0.4) is 0 Å². The lowest BCUT2D eigenvalue weighted by Crippen LogP contribution is -2.29. The minimum atomic E-state index is -3.03. The van der Waals surface area contributed by atoms with Crippen molar-refractivity contribution in [3.63, 3.8) is 0 Å². The summed E-state index contributed by atoms with van der Waals surface area (Å²) in [5, 5.41) is 2.78. The van der Waals surface area contributed by atoms with Crippen molar-refractivity contribution in [1.29, 1.82) is 0 Å². The molecule has 4 nitrogen and oxygen atoms in total. The first-order valence-electron chi connectivity index (χ1n) is 13.5. The molecule has 0 aliphatic rings. The molecular formula is C26H53NO3S. The zero-order valence-electron chi connectivity index (χ0n) is 20.9. The summed E-state index contributed by atoms with van der Waals surface area (Å²) in [4.78, 5) is 11.9. The van der Waals surface area contributed by atoms with Gasteiger partial charge in [0, 0.05) is 13.0 Å². The van der Waals surface area contributed by atoms with E-state index in [4.69, 9.17) is 0 Å². The van der Waals surface area contributed by atoms with Crippen molar-refractivity contribution in [2.45, 2.75) is 142 Å². The van der Waals surface area contributed by atoms with Gasteiger partial charge < -0.3 is 5.32 Å². The molecule has 0 saturated carbocycles. The quantitative estimate of drug-likeness (QED) is 0.153. The predicted molar refractivity (Wildman–Crippen MR) is 135 cm³/mol. The van der Waals surface area contributed by atoms with E-state index in [2.05, 4.69) is 19.2 Å². The van der Waals surface area contributed by atoms with Crippen LogP contribution in [0.1, 0.15) is 142 Å².